The first-order valence-electron chi connectivity index (χ1n) is 7.32. The Morgan fingerprint density at radius 2 is 1.91 bits per heavy atom. The van der Waals surface area contributed by atoms with Crippen molar-refractivity contribution in [3.63, 3.8) is 0 Å². The van der Waals surface area contributed by atoms with E-state index in [1.807, 2.05) is 36.4 Å². The third-order valence-corrected chi connectivity index (χ3v) is 4.53. The Bertz CT molecular complexity index is 701. The monoisotopic (exact) mass is 361 g/mol. The van der Waals surface area contributed by atoms with Gasteiger partial charge in [-0.3, -0.25) is 10.1 Å². The van der Waals surface area contributed by atoms with Gasteiger partial charge in [-0.25, -0.2) is 0 Å². The molecule has 0 amide bonds. The highest BCUT2D eigenvalue weighted by atomic mass is 79.9. The van der Waals surface area contributed by atoms with Gasteiger partial charge >= 0.3 is 5.69 Å². The zero-order valence-corrected chi connectivity index (χ0v) is 13.6. The lowest BCUT2D eigenvalue weighted by atomic mass is 9.90. The summed E-state index contributed by atoms with van der Waals surface area (Å²) >= 11 is 3.44. The highest BCUT2D eigenvalue weighted by Crippen LogP contribution is 2.43. The molecule has 2 aromatic rings. The molecule has 0 spiro atoms. The third kappa shape index (κ3) is 2.99. The molecular formula is C17H16BrNO3. The van der Waals surface area contributed by atoms with Crippen molar-refractivity contribution in [1.82, 2.24) is 0 Å². The fourth-order valence-electron chi connectivity index (χ4n) is 2.89. The lowest BCUT2D eigenvalue weighted by Crippen LogP contribution is -2.09. The Hall–Kier alpha value is -1.88. The fraction of sp³-hybridized carbons (Fsp3) is 0.294. The van der Waals surface area contributed by atoms with Crippen molar-refractivity contribution in [2.75, 3.05) is 0 Å². The van der Waals surface area contributed by atoms with Crippen LogP contribution >= 0.6 is 15.9 Å². The molecule has 0 aliphatic heterocycles. The maximum absolute atomic E-state index is 11.6. The molecule has 0 radical (unpaired) electrons. The van der Waals surface area contributed by atoms with Crippen LogP contribution in [-0.2, 0) is 19.4 Å². The summed E-state index contributed by atoms with van der Waals surface area (Å²) in [5.41, 5.74) is 3.01. The van der Waals surface area contributed by atoms with Crippen molar-refractivity contribution in [2.45, 2.75) is 32.3 Å². The highest BCUT2D eigenvalue weighted by molar-refractivity contribution is 9.10. The molecular weight excluding hydrogens is 346 g/mol. The zero-order valence-electron chi connectivity index (χ0n) is 12.0. The molecule has 0 aromatic heterocycles. The summed E-state index contributed by atoms with van der Waals surface area (Å²) in [6, 6.07) is 11.6. The van der Waals surface area contributed by atoms with Crippen molar-refractivity contribution in [1.29, 1.82) is 0 Å². The largest absolute Gasteiger partial charge is 0.481 e. The number of halogens is 1. The van der Waals surface area contributed by atoms with Crippen molar-refractivity contribution in [2.24, 2.45) is 0 Å². The van der Waals surface area contributed by atoms with E-state index in [0.717, 1.165) is 42.4 Å². The van der Waals surface area contributed by atoms with Crippen LogP contribution in [0, 0.1) is 10.1 Å². The topological polar surface area (TPSA) is 52.4 Å². The van der Waals surface area contributed by atoms with Gasteiger partial charge < -0.3 is 4.74 Å². The number of hydrogen-bond acceptors (Lipinski definition) is 3. The quantitative estimate of drug-likeness (QED) is 0.579. The van der Waals surface area contributed by atoms with Crippen LogP contribution in [0.15, 0.2) is 40.9 Å². The van der Waals surface area contributed by atoms with E-state index in [-0.39, 0.29) is 10.6 Å². The van der Waals surface area contributed by atoms with Crippen LogP contribution in [0.2, 0.25) is 0 Å². The van der Waals surface area contributed by atoms with E-state index < -0.39 is 0 Å². The van der Waals surface area contributed by atoms with Crippen LogP contribution in [-0.4, -0.2) is 4.92 Å². The first kappa shape index (κ1) is 15.0. The molecule has 0 fully saturated rings. The SMILES string of the molecule is O=[N+]([O-])c1c2c(cc(Br)c1OCc1ccccc1)CCCC2. The maximum atomic E-state index is 11.6. The third-order valence-electron chi connectivity index (χ3n) is 3.94. The minimum atomic E-state index is -0.310. The van der Waals surface area contributed by atoms with Crippen LogP contribution in [0.3, 0.4) is 0 Å². The van der Waals surface area contributed by atoms with Gasteiger partial charge in [0.15, 0.2) is 0 Å². The fourth-order valence-corrected chi connectivity index (χ4v) is 3.47. The Morgan fingerprint density at radius 1 is 1.18 bits per heavy atom. The summed E-state index contributed by atoms with van der Waals surface area (Å²) in [6.45, 7) is 0.319. The second-order valence-electron chi connectivity index (χ2n) is 5.41. The summed E-state index contributed by atoms with van der Waals surface area (Å²) < 4.78 is 6.46. The molecule has 1 aliphatic rings. The Kier molecular flexibility index (Phi) is 4.43. The summed E-state index contributed by atoms with van der Waals surface area (Å²) in [4.78, 5) is 11.3. The minimum Gasteiger partial charge on any atom is -0.481 e. The molecule has 0 N–H and O–H groups in total. The minimum absolute atomic E-state index is 0.125. The molecule has 0 saturated carbocycles. The van der Waals surface area contributed by atoms with Gasteiger partial charge in [-0.1, -0.05) is 30.3 Å². The Labute approximate surface area is 137 Å². The lowest BCUT2D eigenvalue weighted by molar-refractivity contribution is -0.386. The van der Waals surface area contributed by atoms with Crippen LogP contribution in [0.25, 0.3) is 0 Å². The zero-order chi connectivity index (χ0) is 15.5. The average Bonchev–Trinajstić information content (AvgIpc) is 2.53. The van der Waals surface area contributed by atoms with E-state index in [4.69, 9.17) is 4.74 Å². The van der Waals surface area contributed by atoms with E-state index in [0.29, 0.717) is 16.8 Å². The van der Waals surface area contributed by atoms with Crippen LogP contribution in [0.5, 0.6) is 5.75 Å². The molecule has 0 atom stereocenters. The number of ether oxygens (including phenoxy) is 1. The molecule has 0 bridgehead atoms. The molecule has 0 unspecified atom stereocenters. The number of nitro benzene ring substituents is 1. The van der Waals surface area contributed by atoms with Gasteiger partial charge in [0, 0.05) is 5.56 Å². The van der Waals surface area contributed by atoms with E-state index in [1.54, 1.807) is 0 Å². The number of nitrogens with zero attached hydrogens (tertiary/aromatic N) is 1. The van der Waals surface area contributed by atoms with Gasteiger partial charge in [-0.2, -0.15) is 0 Å². The van der Waals surface area contributed by atoms with Gasteiger partial charge in [0.05, 0.1) is 9.40 Å². The number of fused-ring (bicyclic) bond motifs is 1. The van der Waals surface area contributed by atoms with Crippen LogP contribution in [0.4, 0.5) is 5.69 Å². The average molecular weight is 362 g/mol. The second-order valence-corrected chi connectivity index (χ2v) is 6.27. The van der Waals surface area contributed by atoms with E-state index in [9.17, 15) is 10.1 Å². The second kappa shape index (κ2) is 6.48. The maximum Gasteiger partial charge on any atom is 0.315 e. The van der Waals surface area contributed by atoms with Gasteiger partial charge in [0.1, 0.15) is 6.61 Å². The van der Waals surface area contributed by atoms with Crippen LogP contribution in [0.1, 0.15) is 29.5 Å². The molecule has 22 heavy (non-hydrogen) atoms. The molecule has 0 heterocycles. The van der Waals surface area contributed by atoms with E-state index >= 15 is 0 Å². The Balaban J connectivity index is 1.97. The smallest absolute Gasteiger partial charge is 0.315 e. The predicted octanol–water partition coefficient (Wildman–Crippen LogP) is 4.82. The molecule has 2 aromatic carbocycles. The highest BCUT2D eigenvalue weighted by Gasteiger charge is 2.28. The van der Waals surface area contributed by atoms with Crippen molar-refractivity contribution < 1.29 is 9.66 Å². The Morgan fingerprint density at radius 3 is 2.64 bits per heavy atom. The van der Waals surface area contributed by atoms with Crippen molar-refractivity contribution in [3.05, 3.63) is 67.7 Å². The molecule has 4 nitrogen and oxygen atoms in total. The summed E-state index contributed by atoms with van der Waals surface area (Å²) in [5.74, 6) is 0.342. The first-order valence-corrected chi connectivity index (χ1v) is 8.11. The lowest BCUT2D eigenvalue weighted by Gasteiger charge is -2.19. The van der Waals surface area contributed by atoms with Crippen molar-refractivity contribution in [3.8, 4) is 5.75 Å². The molecule has 1 aliphatic carbocycles. The van der Waals surface area contributed by atoms with Crippen molar-refractivity contribution >= 4 is 21.6 Å². The van der Waals surface area contributed by atoms with E-state index in [2.05, 4.69) is 15.9 Å². The standard InChI is InChI=1S/C17H16BrNO3/c18-15-10-13-8-4-5-9-14(13)16(19(20)21)17(15)22-11-12-6-2-1-3-7-12/h1-3,6-7,10H,4-5,8-9,11H2. The van der Waals surface area contributed by atoms with Gasteiger partial charge in [0.25, 0.3) is 0 Å². The predicted molar refractivity (Wildman–Crippen MR) is 88.2 cm³/mol. The molecule has 0 saturated heterocycles. The number of rotatable bonds is 4. The summed E-state index contributed by atoms with van der Waals surface area (Å²) in [7, 11) is 0. The van der Waals surface area contributed by atoms with Gasteiger partial charge in [-0.15, -0.1) is 0 Å². The summed E-state index contributed by atoms with van der Waals surface area (Å²) in [5, 5.41) is 11.6. The number of hydrogen-bond donors (Lipinski definition) is 0. The number of nitro groups is 1. The molecule has 5 heteroatoms. The first-order chi connectivity index (χ1) is 10.7. The molecule has 114 valence electrons. The molecule has 3 rings (SSSR count). The normalized spacial score (nSPS) is 13.5. The van der Waals surface area contributed by atoms with E-state index in [1.165, 1.54) is 0 Å². The number of aryl methyl sites for hydroxylation is 1. The van der Waals surface area contributed by atoms with Gasteiger partial charge in [0.2, 0.25) is 5.75 Å². The number of benzene rings is 2. The summed E-state index contributed by atoms with van der Waals surface area (Å²) in [6.07, 6.45) is 3.72. The van der Waals surface area contributed by atoms with Gasteiger partial charge in [-0.05, 0) is 58.8 Å². The van der Waals surface area contributed by atoms with Crippen LogP contribution < -0.4 is 4.74 Å².